The summed E-state index contributed by atoms with van der Waals surface area (Å²) in [5.74, 6) is 0.447. The number of aryl methyl sites for hydroxylation is 1. The highest BCUT2D eigenvalue weighted by atomic mass is 16.5. The summed E-state index contributed by atoms with van der Waals surface area (Å²) in [6.45, 7) is 1.91. The first-order valence-electron chi connectivity index (χ1n) is 8.87. The summed E-state index contributed by atoms with van der Waals surface area (Å²) in [6.07, 6.45) is 1.42. The van der Waals surface area contributed by atoms with Crippen molar-refractivity contribution in [2.24, 2.45) is 0 Å². The average Bonchev–Trinajstić information content (AvgIpc) is 2.74. The summed E-state index contributed by atoms with van der Waals surface area (Å²) in [7, 11) is 3.10. The number of ether oxygens (including phenoxy) is 2. The van der Waals surface area contributed by atoms with Crippen molar-refractivity contribution in [3.63, 3.8) is 0 Å². The molecular weight excluding hydrogens is 370 g/mol. The van der Waals surface area contributed by atoms with Crippen LogP contribution >= 0.6 is 0 Å². The Hall–Kier alpha value is -3.87. The van der Waals surface area contributed by atoms with Gasteiger partial charge in [-0.3, -0.25) is 14.6 Å². The van der Waals surface area contributed by atoms with E-state index in [0.29, 0.717) is 28.4 Å². The number of nitrogens with zero attached hydrogens (tertiary/aromatic N) is 1. The summed E-state index contributed by atoms with van der Waals surface area (Å²) in [6, 6.07) is 15.4. The summed E-state index contributed by atoms with van der Waals surface area (Å²) >= 11 is 0. The highest BCUT2D eigenvalue weighted by molar-refractivity contribution is 6.08. The molecule has 0 atom stereocenters. The van der Waals surface area contributed by atoms with Crippen molar-refractivity contribution in [2.75, 3.05) is 24.9 Å². The van der Waals surface area contributed by atoms with Gasteiger partial charge in [0.25, 0.3) is 11.8 Å². The molecule has 1 aromatic heterocycles. The maximum atomic E-state index is 12.6. The Bertz CT molecular complexity index is 1030. The number of benzene rings is 2. The molecule has 1 heterocycles. The van der Waals surface area contributed by atoms with Crippen LogP contribution in [-0.2, 0) is 0 Å². The molecule has 0 fully saturated rings. The molecule has 0 aliphatic carbocycles. The number of hydrogen-bond donors (Lipinski definition) is 2. The zero-order valence-electron chi connectivity index (χ0n) is 16.4. The smallest absolute Gasteiger partial charge is 0.274 e. The number of aromatic nitrogens is 1. The van der Waals surface area contributed by atoms with E-state index < -0.39 is 5.91 Å². The van der Waals surface area contributed by atoms with Crippen LogP contribution in [0.3, 0.4) is 0 Å². The second-order valence-electron chi connectivity index (χ2n) is 6.27. The average molecular weight is 391 g/mol. The second-order valence-corrected chi connectivity index (χ2v) is 6.27. The van der Waals surface area contributed by atoms with Gasteiger partial charge in [0.1, 0.15) is 17.2 Å². The molecule has 0 spiro atoms. The van der Waals surface area contributed by atoms with Crippen LogP contribution in [0.1, 0.15) is 26.4 Å². The zero-order valence-corrected chi connectivity index (χ0v) is 16.4. The number of pyridine rings is 1. The van der Waals surface area contributed by atoms with Crippen molar-refractivity contribution in [3.8, 4) is 11.5 Å². The number of rotatable bonds is 6. The third-order valence-electron chi connectivity index (χ3n) is 4.21. The Morgan fingerprint density at radius 1 is 0.862 bits per heavy atom. The molecule has 0 unspecified atom stereocenters. The van der Waals surface area contributed by atoms with E-state index in [1.54, 1.807) is 49.6 Å². The van der Waals surface area contributed by atoms with E-state index in [1.807, 2.05) is 13.0 Å². The minimum Gasteiger partial charge on any atom is -0.497 e. The molecule has 29 heavy (non-hydrogen) atoms. The van der Waals surface area contributed by atoms with Crippen LogP contribution in [-0.4, -0.2) is 31.0 Å². The molecule has 3 aromatic rings. The van der Waals surface area contributed by atoms with Crippen molar-refractivity contribution < 1.29 is 19.1 Å². The molecule has 7 nitrogen and oxygen atoms in total. The third kappa shape index (κ3) is 4.90. The van der Waals surface area contributed by atoms with E-state index >= 15 is 0 Å². The van der Waals surface area contributed by atoms with Gasteiger partial charge in [0, 0.05) is 17.4 Å². The predicted molar refractivity (Wildman–Crippen MR) is 111 cm³/mol. The first-order chi connectivity index (χ1) is 14.0. The number of hydrogen-bond acceptors (Lipinski definition) is 5. The van der Waals surface area contributed by atoms with Crippen LogP contribution in [0.5, 0.6) is 11.5 Å². The van der Waals surface area contributed by atoms with E-state index in [4.69, 9.17) is 9.47 Å². The molecule has 0 saturated heterocycles. The fraction of sp³-hybridized carbons (Fsp3) is 0.136. The summed E-state index contributed by atoms with van der Waals surface area (Å²) in [5, 5.41) is 5.55. The number of amides is 2. The molecule has 148 valence electrons. The first-order valence-corrected chi connectivity index (χ1v) is 8.87. The normalized spacial score (nSPS) is 10.2. The Morgan fingerprint density at radius 2 is 1.62 bits per heavy atom. The van der Waals surface area contributed by atoms with Crippen LogP contribution in [0.2, 0.25) is 0 Å². The number of nitrogens with one attached hydrogen (secondary N) is 2. The number of anilines is 2. The van der Waals surface area contributed by atoms with Crippen LogP contribution in [0.25, 0.3) is 0 Å². The lowest BCUT2D eigenvalue weighted by molar-refractivity contribution is 0.102. The Labute approximate surface area is 168 Å². The fourth-order valence-electron chi connectivity index (χ4n) is 2.68. The number of carbonyl (C=O) groups is 2. The molecule has 0 aliphatic rings. The monoisotopic (exact) mass is 391 g/mol. The molecule has 2 amide bonds. The SMILES string of the molecule is COc1ccc(NC(=O)c2ccnc(C(=O)Nc3cc(C)ccc3OC)c2)cc1. The number of carbonyl (C=O) groups excluding carboxylic acids is 2. The van der Waals surface area contributed by atoms with Gasteiger partial charge >= 0.3 is 0 Å². The highest BCUT2D eigenvalue weighted by Gasteiger charge is 2.14. The standard InChI is InChI=1S/C22H21N3O4/c1-14-4-9-20(29-3)18(12-14)25-22(27)19-13-15(10-11-23-19)21(26)24-16-5-7-17(28-2)8-6-16/h4-13H,1-3H3,(H,24,26)(H,25,27). The van der Waals surface area contributed by atoms with E-state index in [2.05, 4.69) is 15.6 Å². The largest absolute Gasteiger partial charge is 0.497 e. The Balaban J connectivity index is 1.75. The molecule has 0 aliphatic heterocycles. The zero-order chi connectivity index (χ0) is 20.8. The highest BCUT2D eigenvalue weighted by Crippen LogP contribution is 2.25. The summed E-state index contributed by atoms with van der Waals surface area (Å²) < 4.78 is 10.4. The summed E-state index contributed by atoms with van der Waals surface area (Å²) in [5.41, 5.74) is 2.56. The van der Waals surface area contributed by atoms with Gasteiger partial charge in [-0.2, -0.15) is 0 Å². The van der Waals surface area contributed by atoms with Crippen LogP contribution in [0.15, 0.2) is 60.8 Å². The van der Waals surface area contributed by atoms with Gasteiger partial charge in [0.2, 0.25) is 0 Å². The van der Waals surface area contributed by atoms with E-state index in [-0.39, 0.29) is 11.6 Å². The molecule has 0 saturated carbocycles. The van der Waals surface area contributed by atoms with Gasteiger partial charge in [-0.1, -0.05) is 6.07 Å². The maximum absolute atomic E-state index is 12.6. The Kier molecular flexibility index (Phi) is 6.09. The molecule has 0 bridgehead atoms. The van der Waals surface area contributed by atoms with Gasteiger partial charge in [-0.05, 0) is 61.0 Å². The molecule has 2 N–H and O–H groups in total. The van der Waals surface area contributed by atoms with Gasteiger partial charge < -0.3 is 20.1 Å². The van der Waals surface area contributed by atoms with E-state index in [0.717, 1.165) is 5.56 Å². The van der Waals surface area contributed by atoms with Crippen LogP contribution in [0.4, 0.5) is 11.4 Å². The van der Waals surface area contributed by atoms with E-state index in [9.17, 15) is 9.59 Å². The van der Waals surface area contributed by atoms with Gasteiger partial charge in [0.15, 0.2) is 0 Å². The lowest BCUT2D eigenvalue weighted by Gasteiger charge is -2.11. The van der Waals surface area contributed by atoms with Crippen molar-refractivity contribution in [2.45, 2.75) is 6.92 Å². The molecule has 0 radical (unpaired) electrons. The maximum Gasteiger partial charge on any atom is 0.274 e. The quantitative estimate of drug-likeness (QED) is 0.665. The molecule has 7 heteroatoms. The van der Waals surface area contributed by atoms with E-state index in [1.165, 1.54) is 19.4 Å². The van der Waals surface area contributed by atoms with Gasteiger partial charge in [0.05, 0.1) is 19.9 Å². The first kappa shape index (κ1) is 19.9. The van der Waals surface area contributed by atoms with Crippen molar-refractivity contribution in [1.82, 2.24) is 4.98 Å². The van der Waals surface area contributed by atoms with Gasteiger partial charge in [-0.15, -0.1) is 0 Å². The molecule has 3 rings (SSSR count). The van der Waals surface area contributed by atoms with Crippen molar-refractivity contribution in [1.29, 1.82) is 0 Å². The lowest BCUT2D eigenvalue weighted by atomic mass is 10.1. The molecular formula is C22H21N3O4. The topological polar surface area (TPSA) is 89.5 Å². The van der Waals surface area contributed by atoms with Gasteiger partial charge in [-0.25, -0.2) is 0 Å². The minimum atomic E-state index is -0.437. The number of methoxy groups -OCH3 is 2. The van der Waals surface area contributed by atoms with Crippen LogP contribution in [0, 0.1) is 6.92 Å². The van der Waals surface area contributed by atoms with Crippen LogP contribution < -0.4 is 20.1 Å². The fourth-order valence-corrected chi connectivity index (χ4v) is 2.68. The predicted octanol–water partition coefficient (Wildman–Crippen LogP) is 3.91. The van der Waals surface area contributed by atoms with Crippen molar-refractivity contribution in [3.05, 3.63) is 77.6 Å². The third-order valence-corrected chi connectivity index (χ3v) is 4.21. The lowest BCUT2D eigenvalue weighted by Crippen LogP contribution is -2.17. The second kappa shape index (κ2) is 8.88. The minimum absolute atomic E-state index is 0.121. The summed E-state index contributed by atoms with van der Waals surface area (Å²) in [4.78, 5) is 29.2. The Morgan fingerprint density at radius 3 is 2.31 bits per heavy atom. The molecule has 2 aromatic carbocycles. The van der Waals surface area contributed by atoms with Crippen molar-refractivity contribution >= 4 is 23.2 Å².